The number of halogens is 2. The van der Waals surface area contributed by atoms with Crippen LogP contribution in [0.15, 0.2) is 9.64 Å². The molecule has 8 heteroatoms. The Morgan fingerprint density at radius 1 is 1.62 bits per heavy atom. The van der Waals surface area contributed by atoms with Crippen molar-refractivity contribution in [2.45, 2.75) is 11.6 Å². The Kier molecular flexibility index (Phi) is 3.18. The minimum Gasteiger partial charge on any atom is -0.481 e. The quantitative estimate of drug-likeness (QED) is 0.752. The van der Waals surface area contributed by atoms with E-state index in [-0.39, 0.29) is 11.0 Å². The van der Waals surface area contributed by atoms with E-state index in [4.69, 9.17) is 5.11 Å². The van der Waals surface area contributed by atoms with Crippen LogP contribution in [0.25, 0.3) is 0 Å². The molecule has 13 heavy (non-hydrogen) atoms. The standard InChI is InChI=1S/C5H4F2N2O3S/c6-3(7)4-8-9-5(12-4)13-1-2(10)11/h3H,1H2,(H,10,11). The Morgan fingerprint density at radius 2 is 2.31 bits per heavy atom. The Bertz CT molecular complexity index is 304. The molecule has 1 rings (SSSR count). The van der Waals surface area contributed by atoms with Gasteiger partial charge < -0.3 is 9.52 Å². The second kappa shape index (κ2) is 4.17. The average molecular weight is 210 g/mol. The van der Waals surface area contributed by atoms with E-state index in [2.05, 4.69) is 14.6 Å². The van der Waals surface area contributed by atoms with Gasteiger partial charge in [0.05, 0.1) is 0 Å². The van der Waals surface area contributed by atoms with Gasteiger partial charge in [-0.25, -0.2) is 0 Å². The van der Waals surface area contributed by atoms with E-state index in [1.165, 1.54) is 0 Å². The van der Waals surface area contributed by atoms with Crippen LogP contribution in [0, 0.1) is 0 Å². The molecule has 1 aromatic heterocycles. The van der Waals surface area contributed by atoms with Gasteiger partial charge in [0.2, 0.25) is 0 Å². The van der Waals surface area contributed by atoms with E-state index in [1.54, 1.807) is 0 Å². The summed E-state index contributed by atoms with van der Waals surface area (Å²) in [6.07, 6.45) is -2.83. The van der Waals surface area contributed by atoms with Crippen LogP contribution >= 0.6 is 11.8 Å². The summed E-state index contributed by atoms with van der Waals surface area (Å²) in [4.78, 5) is 10.1. The number of carboxylic acids is 1. The van der Waals surface area contributed by atoms with Crippen molar-refractivity contribution in [1.82, 2.24) is 10.2 Å². The fourth-order valence-corrected chi connectivity index (χ4v) is 0.980. The molecule has 0 bridgehead atoms. The summed E-state index contributed by atoms with van der Waals surface area (Å²) in [6, 6.07) is 0. The minimum atomic E-state index is -2.83. The first-order valence-corrected chi connectivity index (χ1v) is 4.04. The topological polar surface area (TPSA) is 76.2 Å². The van der Waals surface area contributed by atoms with Crippen LogP contribution in [0.3, 0.4) is 0 Å². The number of nitrogens with zero attached hydrogens (tertiary/aromatic N) is 2. The van der Waals surface area contributed by atoms with E-state index in [0.717, 1.165) is 0 Å². The molecule has 0 fully saturated rings. The van der Waals surface area contributed by atoms with Gasteiger partial charge in [0.1, 0.15) is 5.75 Å². The highest BCUT2D eigenvalue weighted by Crippen LogP contribution is 2.21. The molecule has 5 nitrogen and oxygen atoms in total. The van der Waals surface area contributed by atoms with Gasteiger partial charge in [0, 0.05) is 0 Å². The highest BCUT2D eigenvalue weighted by molar-refractivity contribution is 7.99. The fraction of sp³-hybridized carbons (Fsp3) is 0.400. The Hall–Kier alpha value is -1.18. The maximum absolute atomic E-state index is 11.9. The van der Waals surface area contributed by atoms with Crippen LogP contribution in [0.4, 0.5) is 8.78 Å². The zero-order valence-corrected chi connectivity index (χ0v) is 6.92. The lowest BCUT2D eigenvalue weighted by Gasteiger charge is -1.89. The van der Waals surface area contributed by atoms with Crippen molar-refractivity contribution >= 4 is 17.7 Å². The number of carboxylic acid groups (broad SMARTS) is 1. The van der Waals surface area contributed by atoms with Crippen LogP contribution in [0.1, 0.15) is 12.3 Å². The Labute approximate surface area is 75.1 Å². The van der Waals surface area contributed by atoms with Gasteiger partial charge in [-0.15, -0.1) is 10.2 Å². The third-order valence-corrected chi connectivity index (χ3v) is 1.73. The van der Waals surface area contributed by atoms with Crippen molar-refractivity contribution in [2.75, 3.05) is 5.75 Å². The first kappa shape index (κ1) is 9.90. The zero-order valence-electron chi connectivity index (χ0n) is 6.11. The van der Waals surface area contributed by atoms with Crippen molar-refractivity contribution in [3.63, 3.8) is 0 Å². The van der Waals surface area contributed by atoms with Gasteiger partial charge in [-0.05, 0) is 0 Å². The van der Waals surface area contributed by atoms with Crippen LogP contribution in [-0.4, -0.2) is 27.0 Å². The molecule has 0 aromatic carbocycles. The average Bonchev–Trinajstić information content (AvgIpc) is 2.48. The third-order valence-electron chi connectivity index (χ3n) is 0.928. The van der Waals surface area contributed by atoms with E-state index >= 15 is 0 Å². The summed E-state index contributed by atoms with van der Waals surface area (Å²) in [5, 5.41) is 14.3. The molecule has 0 atom stereocenters. The SMILES string of the molecule is O=C(O)CSc1nnc(C(F)F)o1. The lowest BCUT2D eigenvalue weighted by atomic mass is 10.7. The van der Waals surface area contributed by atoms with Crippen LogP contribution in [-0.2, 0) is 4.79 Å². The van der Waals surface area contributed by atoms with Crippen LogP contribution in [0.2, 0.25) is 0 Å². The highest BCUT2D eigenvalue weighted by atomic mass is 32.2. The summed E-state index contributed by atoms with van der Waals surface area (Å²) < 4.78 is 28.1. The smallest absolute Gasteiger partial charge is 0.314 e. The summed E-state index contributed by atoms with van der Waals surface area (Å²) >= 11 is 0.694. The molecule has 0 amide bonds. The predicted octanol–water partition coefficient (Wildman–Crippen LogP) is 1.18. The molecule has 0 unspecified atom stereocenters. The van der Waals surface area contributed by atoms with Crippen molar-refractivity contribution in [3.8, 4) is 0 Å². The molecular weight excluding hydrogens is 206 g/mol. The second-order valence-corrected chi connectivity index (χ2v) is 2.82. The number of hydrogen-bond donors (Lipinski definition) is 1. The molecule has 0 saturated heterocycles. The molecule has 0 aliphatic rings. The molecule has 1 N–H and O–H groups in total. The molecule has 0 aliphatic heterocycles. The van der Waals surface area contributed by atoms with E-state index in [0.29, 0.717) is 11.8 Å². The number of rotatable bonds is 4. The third kappa shape index (κ3) is 2.98. The van der Waals surface area contributed by atoms with Crippen molar-refractivity contribution in [2.24, 2.45) is 0 Å². The normalized spacial score (nSPS) is 10.7. The maximum atomic E-state index is 11.9. The van der Waals surface area contributed by atoms with Gasteiger partial charge in [0.15, 0.2) is 0 Å². The summed E-state index contributed by atoms with van der Waals surface area (Å²) in [5.41, 5.74) is 0. The van der Waals surface area contributed by atoms with Crippen LogP contribution < -0.4 is 0 Å². The molecule has 0 spiro atoms. The molecule has 1 heterocycles. The van der Waals surface area contributed by atoms with E-state index < -0.39 is 18.3 Å². The number of carbonyl (C=O) groups is 1. The monoisotopic (exact) mass is 210 g/mol. The molecule has 0 radical (unpaired) electrons. The first-order chi connectivity index (χ1) is 6.09. The Balaban J connectivity index is 2.54. The van der Waals surface area contributed by atoms with Gasteiger partial charge in [0.25, 0.3) is 11.1 Å². The lowest BCUT2D eigenvalue weighted by molar-refractivity contribution is -0.133. The lowest BCUT2D eigenvalue weighted by Crippen LogP contribution is -1.97. The number of aliphatic carboxylic acids is 1. The number of alkyl halides is 2. The largest absolute Gasteiger partial charge is 0.481 e. The number of thioether (sulfide) groups is 1. The number of hydrogen-bond acceptors (Lipinski definition) is 5. The van der Waals surface area contributed by atoms with Crippen molar-refractivity contribution < 1.29 is 23.1 Å². The van der Waals surface area contributed by atoms with Crippen molar-refractivity contribution in [1.29, 1.82) is 0 Å². The summed E-state index contributed by atoms with van der Waals surface area (Å²) in [6.45, 7) is 0. The molecule has 0 saturated carbocycles. The summed E-state index contributed by atoms with van der Waals surface area (Å²) in [7, 11) is 0. The molecule has 72 valence electrons. The maximum Gasteiger partial charge on any atom is 0.314 e. The van der Waals surface area contributed by atoms with Gasteiger partial charge in [-0.1, -0.05) is 11.8 Å². The van der Waals surface area contributed by atoms with Gasteiger partial charge in [-0.3, -0.25) is 4.79 Å². The Morgan fingerprint density at radius 3 is 2.77 bits per heavy atom. The van der Waals surface area contributed by atoms with E-state index in [1.807, 2.05) is 0 Å². The fourth-order valence-electron chi connectivity index (χ4n) is 0.490. The van der Waals surface area contributed by atoms with Gasteiger partial charge in [-0.2, -0.15) is 8.78 Å². The molecular formula is C5H4F2N2O3S. The zero-order chi connectivity index (χ0) is 9.84. The van der Waals surface area contributed by atoms with Gasteiger partial charge >= 0.3 is 12.4 Å². The van der Waals surface area contributed by atoms with E-state index in [9.17, 15) is 13.6 Å². The van der Waals surface area contributed by atoms with Crippen molar-refractivity contribution in [3.05, 3.63) is 5.89 Å². The number of aromatic nitrogens is 2. The first-order valence-electron chi connectivity index (χ1n) is 3.05. The summed E-state index contributed by atoms with van der Waals surface area (Å²) in [5.74, 6) is -2.18. The second-order valence-electron chi connectivity index (χ2n) is 1.89. The minimum absolute atomic E-state index is 0.169. The molecule has 1 aromatic rings. The predicted molar refractivity (Wildman–Crippen MR) is 37.6 cm³/mol. The van der Waals surface area contributed by atoms with Crippen LogP contribution in [0.5, 0.6) is 0 Å². The highest BCUT2D eigenvalue weighted by Gasteiger charge is 2.16. The molecule has 0 aliphatic carbocycles.